The van der Waals surface area contributed by atoms with Gasteiger partial charge in [0.15, 0.2) is 0 Å². The van der Waals surface area contributed by atoms with Crippen LogP contribution >= 0.6 is 0 Å². The molecular formula is C12H12N2O3. The normalized spacial score (nSPS) is 9.41. The average molecular weight is 232 g/mol. The molecule has 0 aliphatic carbocycles. The van der Waals surface area contributed by atoms with Crippen LogP contribution in [-0.2, 0) is 11.2 Å². The smallest absolute Gasteiger partial charge is 0.269 e. The van der Waals surface area contributed by atoms with Gasteiger partial charge in [-0.2, -0.15) is 0 Å². The van der Waals surface area contributed by atoms with E-state index in [0.29, 0.717) is 5.56 Å². The molecule has 0 spiro atoms. The second-order valence-corrected chi connectivity index (χ2v) is 3.56. The van der Waals surface area contributed by atoms with Crippen LogP contribution in [0.25, 0.3) is 0 Å². The zero-order chi connectivity index (χ0) is 12.8. The van der Waals surface area contributed by atoms with Crippen LogP contribution in [0.15, 0.2) is 24.3 Å². The zero-order valence-electron chi connectivity index (χ0n) is 9.42. The van der Waals surface area contributed by atoms with Gasteiger partial charge in [0.1, 0.15) is 0 Å². The number of carbonyl (C=O) groups is 1. The van der Waals surface area contributed by atoms with E-state index in [1.807, 2.05) is 0 Å². The van der Waals surface area contributed by atoms with E-state index in [1.54, 1.807) is 19.2 Å². The van der Waals surface area contributed by atoms with Crippen LogP contribution in [0.4, 0.5) is 5.69 Å². The van der Waals surface area contributed by atoms with Gasteiger partial charge < -0.3 is 4.90 Å². The number of benzene rings is 1. The summed E-state index contributed by atoms with van der Waals surface area (Å²) in [6.45, 7) is 0.230. The van der Waals surface area contributed by atoms with Gasteiger partial charge in [0, 0.05) is 19.2 Å². The summed E-state index contributed by atoms with van der Waals surface area (Å²) >= 11 is 0. The van der Waals surface area contributed by atoms with Crippen molar-refractivity contribution in [2.75, 3.05) is 13.6 Å². The summed E-state index contributed by atoms with van der Waals surface area (Å²) in [6.07, 6.45) is 5.20. The van der Waals surface area contributed by atoms with Gasteiger partial charge >= 0.3 is 0 Å². The SMILES string of the molecule is C#CCN(C)C(=O)Cc1cccc([N+](=O)[O-])c1. The second-order valence-electron chi connectivity index (χ2n) is 3.56. The van der Waals surface area contributed by atoms with Crippen molar-refractivity contribution < 1.29 is 9.72 Å². The molecule has 0 fully saturated rings. The van der Waals surface area contributed by atoms with Crippen molar-refractivity contribution in [3.8, 4) is 12.3 Å². The third-order valence-corrected chi connectivity index (χ3v) is 2.23. The Hall–Kier alpha value is -2.35. The molecule has 0 saturated carbocycles. The standard InChI is InChI=1S/C12H12N2O3/c1-3-7-13(2)12(15)9-10-5-4-6-11(8-10)14(16)17/h1,4-6,8H,7,9H2,2H3. The van der Waals surface area contributed by atoms with E-state index < -0.39 is 4.92 Å². The number of carbonyl (C=O) groups excluding carboxylic acids is 1. The Kier molecular flexibility index (Phi) is 4.23. The predicted molar refractivity (Wildman–Crippen MR) is 63.3 cm³/mol. The van der Waals surface area contributed by atoms with Crippen molar-refractivity contribution in [1.82, 2.24) is 4.90 Å². The lowest BCUT2D eigenvalue weighted by molar-refractivity contribution is -0.384. The van der Waals surface area contributed by atoms with Crippen LogP contribution in [0.5, 0.6) is 0 Å². The lowest BCUT2D eigenvalue weighted by Crippen LogP contribution is -2.28. The molecule has 1 aromatic carbocycles. The molecule has 1 amide bonds. The summed E-state index contributed by atoms with van der Waals surface area (Å²) in [7, 11) is 1.60. The average Bonchev–Trinajstić information content (AvgIpc) is 2.29. The number of non-ortho nitro benzene ring substituents is 1. The van der Waals surface area contributed by atoms with Gasteiger partial charge in [-0.15, -0.1) is 6.42 Å². The van der Waals surface area contributed by atoms with Gasteiger partial charge in [-0.1, -0.05) is 18.1 Å². The fraction of sp³-hybridized carbons (Fsp3) is 0.250. The Morgan fingerprint density at radius 3 is 2.88 bits per heavy atom. The van der Waals surface area contributed by atoms with E-state index >= 15 is 0 Å². The molecule has 0 bridgehead atoms. The summed E-state index contributed by atoms with van der Waals surface area (Å²) in [5, 5.41) is 10.6. The Balaban J connectivity index is 2.75. The number of nitro benzene ring substituents is 1. The first kappa shape index (κ1) is 12.7. The van der Waals surface area contributed by atoms with Gasteiger partial charge in [-0.3, -0.25) is 14.9 Å². The molecule has 0 saturated heterocycles. The van der Waals surface area contributed by atoms with Crippen LogP contribution < -0.4 is 0 Å². The number of hydrogen-bond donors (Lipinski definition) is 0. The molecule has 5 heteroatoms. The first-order chi connectivity index (χ1) is 8.04. The van der Waals surface area contributed by atoms with E-state index in [0.717, 1.165) is 0 Å². The highest BCUT2D eigenvalue weighted by atomic mass is 16.6. The highest BCUT2D eigenvalue weighted by Gasteiger charge is 2.11. The second kappa shape index (κ2) is 5.66. The topological polar surface area (TPSA) is 63.5 Å². The van der Waals surface area contributed by atoms with E-state index in [2.05, 4.69) is 5.92 Å². The number of hydrogen-bond acceptors (Lipinski definition) is 3. The van der Waals surface area contributed by atoms with Gasteiger partial charge in [0.25, 0.3) is 5.69 Å². The van der Waals surface area contributed by atoms with Crippen molar-refractivity contribution in [3.63, 3.8) is 0 Å². The van der Waals surface area contributed by atoms with Gasteiger partial charge in [-0.25, -0.2) is 0 Å². The minimum absolute atomic E-state index is 0.0186. The van der Waals surface area contributed by atoms with Crippen molar-refractivity contribution in [1.29, 1.82) is 0 Å². The maximum Gasteiger partial charge on any atom is 0.269 e. The number of amides is 1. The maximum absolute atomic E-state index is 11.6. The lowest BCUT2D eigenvalue weighted by Gasteiger charge is -2.13. The molecule has 17 heavy (non-hydrogen) atoms. The number of nitrogens with zero attached hydrogens (tertiary/aromatic N) is 2. The highest BCUT2D eigenvalue weighted by Crippen LogP contribution is 2.13. The quantitative estimate of drug-likeness (QED) is 0.445. The molecule has 0 aliphatic heterocycles. The van der Waals surface area contributed by atoms with Crippen LogP contribution in [0.1, 0.15) is 5.56 Å². The number of likely N-dealkylation sites (N-methyl/N-ethyl adjacent to an activating group) is 1. The summed E-state index contributed by atoms with van der Waals surface area (Å²) in [5.41, 5.74) is 0.586. The molecule has 0 radical (unpaired) electrons. The molecule has 88 valence electrons. The maximum atomic E-state index is 11.6. The number of nitro groups is 1. The lowest BCUT2D eigenvalue weighted by atomic mass is 10.1. The Morgan fingerprint density at radius 1 is 1.59 bits per heavy atom. The molecule has 0 aromatic heterocycles. The monoisotopic (exact) mass is 232 g/mol. The number of terminal acetylenes is 1. The Labute approximate surface area is 99.2 Å². The minimum Gasteiger partial charge on any atom is -0.334 e. The largest absolute Gasteiger partial charge is 0.334 e. The van der Waals surface area contributed by atoms with E-state index in [4.69, 9.17) is 6.42 Å². The van der Waals surface area contributed by atoms with Gasteiger partial charge in [-0.05, 0) is 5.56 Å². The first-order valence-corrected chi connectivity index (χ1v) is 4.95. The highest BCUT2D eigenvalue weighted by molar-refractivity contribution is 5.78. The molecular weight excluding hydrogens is 220 g/mol. The predicted octanol–water partition coefficient (Wildman–Crippen LogP) is 1.23. The third kappa shape index (κ3) is 3.61. The Bertz CT molecular complexity index is 477. The van der Waals surface area contributed by atoms with Crippen molar-refractivity contribution >= 4 is 11.6 Å². The molecule has 0 N–H and O–H groups in total. The Morgan fingerprint density at radius 2 is 2.29 bits per heavy atom. The summed E-state index contributed by atoms with van der Waals surface area (Å²) in [4.78, 5) is 23.1. The number of rotatable bonds is 4. The van der Waals surface area contributed by atoms with E-state index in [1.165, 1.54) is 17.0 Å². The summed E-state index contributed by atoms with van der Waals surface area (Å²) in [5.74, 6) is 2.20. The summed E-state index contributed by atoms with van der Waals surface area (Å²) in [6, 6.07) is 6.01. The molecule has 0 aliphatic rings. The third-order valence-electron chi connectivity index (χ3n) is 2.23. The van der Waals surface area contributed by atoms with Crippen molar-refractivity contribution in [3.05, 3.63) is 39.9 Å². The fourth-order valence-electron chi connectivity index (χ4n) is 1.31. The molecule has 1 aromatic rings. The van der Waals surface area contributed by atoms with Gasteiger partial charge in [0.2, 0.25) is 5.91 Å². The first-order valence-electron chi connectivity index (χ1n) is 4.95. The molecule has 0 unspecified atom stereocenters. The molecule has 5 nitrogen and oxygen atoms in total. The fourth-order valence-corrected chi connectivity index (χ4v) is 1.31. The van der Waals surface area contributed by atoms with Gasteiger partial charge in [0.05, 0.1) is 17.9 Å². The molecule has 0 atom stereocenters. The molecule has 1 rings (SSSR count). The van der Waals surface area contributed by atoms with Crippen molar-refractivity contribution in [2.45, 2.75) is 6.42 Å². The van der Waals surface area contributed by atoms with Crippen LogP contribution in [0, 0.1) is 22.5 Å². The van der Waals surface area contributed by atoms with Crippen molar-refractivity contribution in [2.24, 2.45) is 0 Å². The van der Waals surface area contributed by atoms with Crippen LogP contribution in [0.3, 0.4) is 0 Å². The minimum atomic E-state index is -0.487. The van der Waals surface area contributed by atoms with Crippen LogP contribution in [-0.4, -0.2) is 29.3 Å². The molecule has 0 heterocycles. The van der Waals surface area contributed by atoms with Crippen LogP contribution in [0.2, 0.25) is 0 Å². The summed E-state index contributed by atoms with van der Waals surface area (Å²) < 4.78 is 0. The van der Waals surface area contributed by atoms with E-state index in [-0.39, 0.29) is 24.6 Å². The van der Waals surface area contributed by atoms with E-state index in [9.17, 15) is 14.9 Å². The zero-order valence-corrected chi connectivity index (χ0v) is 9.42.